The molecule has 0 aliphatic rings. The summed E-state index contributed by atoms with van der Waals surface area (Å²) < 4.78 is 0. The van der Waals surface area contributed by atoms with Crippen LogP contribution in [0.3, 0.4) is 0 Å². The van der Waals surface area contributed by atoms with E-state index in [9.17, 15) is 4.79 Å². The fraction of sp³-hybridized carbons (Fsp3) is 0.583. The summed E-state index contributed by atoms with van der Waals surface area (Å²) in [5.74, 6) is 0. The zero-order chi connectivity index (χ0) is 11.9. The number of hydrogen-bond acceptors (Lipinski definition) is 1. The third-order valence-corrected chi connectivity index (χ3v) is 2.14. The van der Waals surface area contributed by atoms with E-state index in [0.717, 1.165) is 6.42 Å². The predicted octanol–water partition coefficient (Wildman–Crippen LogP) is 2.61. The van der Waals surface area contributed by atoms with Crippen molar-refractivity contribution in [3.05, 3.63) is 23.8 Å². The second-order valence-electron chi connectivity index (χ2n) is 4.23. The Hall–Kier alpha value is -1.25. The molecule has 0 heterocycles. The number of urea groups is 1. The third kappa shape index (κ3) is 6.77. The number of allylic oxidation sites excluding steroid dienone is 3. The highest BCUT2D eigenvalue weighted by atomic mass is 16.2. The quantitative estimate of drug-likeness (QED) is 0.688. The Morgan fingerprint density at radius 1 is 1.40 bits per heavy atom. The molecule has 86 valence electrons. The van der Waals surface area contributed by atoms with Gasteiger partial charge in [0.15, 0.2) is 0 Å². The normalized spacial score (nSPS) is 13.0. The molecule has 0 atom stereocenters. The Morgan fingerprint density at radius 3 is 2.47 bits per heavy atom. The molecule has 3 heteroatoms. The van der Waals surface area contributed by atoms with Crippen LogP contribution in [0.15, 0.2) is 23.8 Å². The summed E-state index contributed by atoms with van der Waals surface area (Å²) in [7, 11) is 1.62. The molecule has 15 heavy (non-hydrogen) atoms. The molecule has 0 bridgehead atoms. The van der Waals surface area contributed by atoms with Crippen LogP contribution in [0.5, 0.6) is 0 Å². The van der Waals surface area contributed by atoms with Gasteiger partial charge in [-0.05, 0) is 34.1 Å². The van der Waals surface area contributed by atoms with Gasteiger partial charge in [-0.15, -0.1) is 0 Å². The molecular weight excluding hydrogens is 188 g/mol. The van der Waals surface area contributed by atoms with Gasteiger partial charge < -0.3 is 10.6 Å². The van der Waals surface area contributed by atoms with E-state index in [-0.39, 0.29) is 11.6 Å². The Labute approximate surface area is 92.6 Å². The van der Waals surface area contributed by atoms with Crippen molar-refractivity contribution in [2.45, 2.75) is 39.7 Å². The first-order valence-electron chi connectivity index (χ1n) is 5.20. The molecule has 0 fully saturated rings. The highest BCUT2D eigenvalue weighted by Crippen LogP contribution is 2.09. The number of hydrogen-bond donors (Lipinski definition) is 2. The lowest BCUT2D eigenvalue weighted by Crippen LogP contribution is -2.47. The average Bonchev–Trinajstić information content (AvgIpc) is 2.16. The first-order valence-corrected chi connectivity index (χ1v) is 5.20. The predicted molar refractivity (Wildman–Crippen MR) is 64.9 cm³/mol. The minimum Gasteiger partial charge on any atom is -0.341 e. The first-order chi connectivity index (χ1) is 6.91. The van der Waals surface area contributed by atoms with Crippen molar-refractivity contribution in [1.82, 2.24) is 10.6 Å². The molecule has 0 aliphatic heterocycles. The van der Waals surface area contributed by atoms with Gasteiger partial charge in [-0.1, -0.05) is 23.8 Å². The molecule has 2 N–H and O–H groups in total. The smallest absolute Gasteiger partial charge is 0.314 e. The fourth-order valence-electron chi connectivity index (χ4n) is 1.06. The summed E-state index contributed by atoms with van der Waals surface area (Å²) in [6.45, 7) is 8.05. The van der Waals surface area contributed by atoms with Gasteiger partial charge in [0.05, 0.1) is 0 Å². The molecule has 0 radical (unpaired) electrons. The van der Waals surface area contributed by atoms with Crippen molar-refractivity contribution in [1.29, 1.82) is 0 Å². The Morgan fingerprint density at radius 2 is 2.00 bits per heavy atom. The fourth-order valence-corrected chi connectivity index (χ4v) is 1.06. The summed E-state index contributed by atoms with van der Waals surface area (Å²) in [5, 5.41) is 5.42. The van der Waals surface area contributed by atoms with Crippen molar-refractivity contribution >= 4 is 6.03 Å². The maximum absolute atomic E-state index is 11.1. The molecule has 0 saturated heterocycles. The topological polar surface area (TPSA) is 41.1 Å². The number of carbonyl (C=O) groups excluding carboxylic acids is 1. The van der Waals surface area contributed by atoms with E-state index in [0.29, 0.717) is 0 Å². The van der Waals surface area contributed by atoms with Crippen molar-refractivity contribution in [2.75, 3.05) is 7.05 Å². The van der Waals surface area contributed by atoms with Crippen molar-refractivity contribution in [3.8, 4) is 0 Å². The summed E-state index contributed by atoms with van der Waals surface area (Å²) >= 11 is 0. The summed E-state index contributed by atoms with van der Waals surface area (Å²) in [4.78, 5) is 11.1. The maximum atomic E-state index is 11.1. The van der Waals surface area contributed by atoms with E-state index in [1.807, 2.05) is 20.8 Å². The number of amides is 2. The average molecular weight is 210 g/mol. The highest BCUT2D eigenvalue weighted by Gasteiger charge is 2.17. The minimum atomic E-state index is -0.218. The summed E-state index contributed by atoms with van der Waals surface area (Å²) in [5.41, 5.74) is 1.01. The lowest BCUT2D eigenvalue weighted by atomic mass is 10.0. The minimum absolute atomic E-state index is 0.142. The molecule has 0 aromatic heterocycles. The number of rotatable bonds is 4. The van der Waals surface area contributed by atoms with Gasteiger partial charge in [0.25, 0.3) is 0 Å². The molecule has 3 nitrogen and oxygen atoms in total. The lowest BCUT2D eigenvalue weighted by Gasteiger charge is -2.24. The molecule has 0 aromatic rings. The maximum Gasteiger partial charge on any atom is 0.314 e. The van der Waals surface area contributed by atoms with Crippen LogP contribution in [0.4, 0.5) is 4.79 Å². The van der Waals surface area contributed by atoms with Gasteiger partial charge in [0, 0.05) is 12.6 Å². The van der Waals surface area contributed by atoms with E-state index in [2.05, 4.69) is 35.8 Å². The molecule has 2 amide bonds. The molecular formula is C12H22N2O. The summed E-state index contributed by atoms with van der Waals surface area (Å²) in [6.07, 6.45) is 7.00. The molecule has 0 aromatic carbocycles. The second kappa shape index (κ2) is 6.27. The van der Waals surface area contributed by atoms with Crippen LogP contribution in [-0.4, -0.2) is 18.6 Å². The van der Waals surface area contributed by atoms with Crippen molar-refractivity contribution in [2.24, 2.45) is 0 Å². The van der Waals surface area contributed by atoms with E-state index in [4.69, 9.17) is 0 Å². The van der Waals surface area contributed by atoms with Crippen molar-refractivity contribution in [3.63, 3.8) is 0 Å². The van der Waals surface area contributed by atoms with E-state index in [1.165, 1.54) is 5.57 Å². The first kappa shape index (κ1) is 13.8. The van der Waals surface area contributed by atoms with Crippen LogP contribution in [-0.2, 0) is 0 Å². The standard InChI is InChI=1S/C12H22N2O/c1-6-10(2)8-7-9-12(3,4)14-11(15)13-5/h6-8H,9H2,1-5H3,(H2,13,14,15). The van der Waals surface area contributed by atoms with Gasteiger partial charge in [-0.3, -0.25) is 0 Å². The monoisotopic (exact) mass is 210 g/mol. The van der Waals surface area contributed by atoms with Crippen LogP contribution >= 0.6 is 0 Å². The Kier molecular flexibility index (Phi) is 5.75. The molecule has 0 unspecified atom stereocenters. The largest absolute Gasteiger partial charge is 0.341 e. The van der Waals surface area contributed by atoms with E-state index < -0.39 is 0 Å². The molecule has 0 spiro atoms. The van der Waals surface area contributed by atoms with Crippen LogP contribution in [0.2, 0.25) is 0 Å². The zero-order valence-electron chi connectivity index (χ0n) is 10.3. The van der Waals surface area contributed by atoms with Gasteiger partial charge >= 0.3 is 6.03 Å². The van der Waals surface area contributed by atoms with Gasteiger partial charge in [-0.25, -0.2) is 4.79 Å². The van der Waals surface area contributed by atoms with Gasteiger partial charge in [0.2, 0.25) is 0 Å². The Balaban J connectivity index is 4.15. The highest BCUT2D eigenvalue weighted by molar-refractivity contribution is 5.74. The number of carbonyl (C=O) groups is 1. The van der Waals surface area contributed by atoms with Crippen molar-refractivity contribution < 1.29 is 4.79 Å². The number of nitrogens with one attached hydrogen (secondary N) is 2. The SMILES string of the molecule is CC=C(C)C=CCC(C)(C)NC(=O)NC. The zero-order valence-corrected chi connectivity index (χ0v) is 10.3. The van der Waals surface area contributed by atoms with Gasteiger partial charge in [0.1, 0.15) is 0 Å². The summed E-state index contributed by atoms with van der Waals surface area (Å²) in [6, 6.07) is -0.142. The molecule has 0 aliphatic carbocycles. The molecule has 0 rings (SSSR count). The van der Waals surface area contributed by atoms with E-state index >= 15 is 0 Å². The molecule has 0 saturated carbocycles. The Bertz CT molecular complexity index is 265. The second-order valence-corrected chi connectivity index (χ2v) is 4.23. The van der Waals surface area contributed by atoms with Gasteiger partial charge in [-0.2, -0.15) is 0 Å². The van der Waals surface area contributed by atoms with Crippen LogP contribution in [0.1, 0.15) is 34.1 Å². The van der Waals surface area contributed by atoms with Crippen LogP contribution in [0.25, 0.3) is 0 Å². The van der Waals surface area contributed by atoms with Crippen LogP contribution < -0.4 is 10.6 Å². The third-order valence-electron chi connectivity index (χ3n) is 2.14. The lowest BCUT2D eigenvalue weighted by molar-refractivity contribution is 0.232. The van der Waals surface area contributed by atoms with E-state index in [1.54, 1.807) is 7.05 Å². The van der Waals surface area contributed by atoms with Crippen LogP contribution in [0, 0.1) is 0 Å².